The molecule has 2 rings (SSSR count). The molecule has 0 aliphatic heterocycles. The Morgan fingerprint density at radius 3 is 2.60 bits per heavy atom. The minimum atomic E-state index is 0.173. The van der Waals surface area contributed by atoms with Crippen LogP contribution in [0.25, 0.3) is 10.7 Å². The second-order valence-electron chi connectivity index (χ2n) is 2.98. The van der Waals surface area contributed by atoms with Gasteiger partial charge in [-0.05, 0) is 6.92 Å². The van der Waals surface area contributed by atoms with Crippen molar-refractivity contribution in [1.29, 1.82) is 0 Å². The Morgan fingerprint density at radius 2 is 2.13 bits per heavy atom. The lowest BCUT2D eigenvalue weighted by molar-refractivity contribution is 1.01. The van der Waals surface area contributed by atoms with Crippen LogP contribution < -0.4 is 17.3 Å². The van der Waals surface area contributed by atoms with E-state index in [-0.39, 0.29) is 5.95 Å². The van der Waals surface area contributed by atoms with Gasteiger partial charge in [0.2, 0.25) is 5.95 Å². The predicted octanol–water partition coefficient (Wildman–Crippen LogP) is -0.535. The molecule has 0 bridgehead atoms. The van der Waals surface area contributed by atoms with Crippen LogP contribution in [0.3, 0.4) is 0 Å². The lowest BCUT2D eigenvalue weighted by Gasteiger charge is -1.97. The summed E-state index contributed by atoms with van der Waals surface area (Å²) in [7, 11) is 0. The molecule has 2 heterocycles. The van der Waals surface area contributed by atoms with E-state index in [1.54, 1.807) is 0 Å². The number of rotatable bonds is 2. The van der Waals surface area contributed by atoms with Gasteiger partial charge in [-0.1, -0.05) is 0 Å². The van der Waals surface area contributed by atoms with Crippen molar-refractivity contribution >= 4 is 17.3 Å². The maximum atomic E-state index is 5.67. The molecule has 0 radical (unpaired) electrons. The van der Waals surface area contributed by atoms with Crippen LogP contribution in [-0.4, -0.2) is 19.9 Å². The van der Waals surface area contributed by atoms with Crippen molar-refractivity contribution in [2.75, 3.05) is 11.6 Å². The number of aryl methyl sites for hydroxylation is 1. The van der Waals surface area contributed by atoms with Crippen LogP contribution in [0.15, 0.2) is 0 Å². The zero-order chi connectivity index (χ0) is 11.0. The van der Waals surface area contributed by atoms with E-state index in [0.29, 0.717) is 12.4 Å². The molecule has 2 aromatic heterocycles. The first-order chi connectivity index (χ1) is 7.13. The molecule has 8 heteroatoms. The molecule has 0 unspecified atom stereocenters. The predicted molar refractivity (Wildman–Crippen MR) is 58.3 cm³/mol. The van der Waals surface area contributed by atoms with Crippen LogP contribution in [0.5, 0.6) is 0 Å². The number of nitrogens with zero attached hydrogens (tertiary/aromatic N) is 4. The summed E-state index contributed by atoms with van der Waals surface area (Å²) in [6.07, 6.45) is 0. The summed E-state index contributed by atoms with van der Waals surface area (Å²) < 4.78 is 1.24. The number of hydrogen-bond acceptors (Lipinski definition) is 7. The minimum absolute atomic E-state index is 0.173. The molecule has 15 heavy (non-hydrogen) atoms. The molecule has 0 saturated carbocycles. The average Bonchev–Trinajstić information content (AvgIpc) is 2.73. The standard InChI is InChI=1S/C7H11N7S/c1-3-5(15-4(2-8)11-3)6-12-13-7(9)14(6)10/h2,8,10H2,1H3,(H2,9,13). The van der Waals surface area contributed by atoms with Crippen molar-refractivity contribution in [3.63, 3.8) is 0 Å². The summed E-state index contributed by atoms with van der Waals surface area (Å²) in [6, 6.07) is 0. The maximum Gasteiger partial charge on any atom is 0.241 e. The van der Waals surface area contributed by atoms with Crippen LogP contribution in [0.4, 0.5) is 5.95 Å². The number of hydrogen-bond donors (Lipinski definition) is 3. The molecule has 6 N–H and O–H groups in total. The van der Waals surface area contributed by atoms with Gasteiger partial charge in [0.25, 0.3) is 0 Å². The molecule has 0 aliphatic carbocycles. The molecule has 0 aromatic carbocycles. The Labute approximate surface area is 89.9 Å². The first kappa shape index (κ1) is 9.87. The van der Waals surface area contributed by atoms with Gasteiger partial charge in [-0.3, -0.25) is 0 Å². The Kier molecular flexibility index (Phi) is 2.29. The van der Waals surface area contributed by atoms with Gasteiger partial charge in [-0.15, -0.1) is 21.5 Å². The summed E-state index contributed by atoms with van der Waals surface area (Å²) in [5.41, 5.74) is 11.8. The van der Waals surface area contributed by atoms with Crippen LogP contribution in [0.2, 0.25) is 0 Å². The fraction of sp³-hybridized carbons (Fsp3) is 0.286. The first-order valence-corrected chi connectivity index (χ1v) is 5.08. The smallest absolute Gasteiger partial charge is 0.241 e. The van der Waals surface area contributed by atoms with Crippen LogP contribution in [0.1, 0.15) is 10.7 Å². The van der Waals surface area contributed by atoms with Gasteiger partial charge in [0, 0.05) is 6.54 Å². The molecular weight excluding hydrogens is 214 g/mol. The summed E-state index contributed by atoms with van der Waals surface area (Å²) >= 11 is 1.45. The molecule has 0 aliphatic rings. The Balaban J connectivity index is 2.53. The van der Waals surface area contributed by atoms with E-state index in [2.05, 4.69) is 15.2 Å². The zero-order valence-corrected chi connectivity index (χ0v) is 8.95. The number of nitrogens with two attached hydrogens (primary N) is 3. The largest absolute Gasteiger partial charge is 0.366 e. The molecule has 2 aromatic rings. The number of thiazole rings is 1. The van der Waals surface area contributed by atoms with Crippen molar-refractivity contribution in [1.82, 2.24) is 19.9 Å². The van der Waals surface area contributed by atoms with Gasteiger partial charge in [0.1, 0.15) is 5.01 Å². The topological polar surface area (TPSA) is 122 Å². The van der Waals surface area contributed by atoms with Crippen molar-refractivity contribution in [2.24, 2.45) is 5.73 Å². The molecule has 0 spiro atoms. The summed E-state index contributed by atoms with van der Waals surface area (Å²) in [6.45, 7) is 2.27. The van der Waals surface area contributed by atoms with Crippen molar-refractivity contribution in [3.8, 4) is 10.7 Å². The number of nitrogen functional groups attached to an aromatic ring is 2. The molecular formula is C7H11N7S. The maximum absolute atomic E-state index is 5.67. The second-order valence-corrected chi connectivity index (χ2v) is 4.06. The molecule has 80 valence electrons. The monoisotopic (exact) mass is 225 g/mol. The molecule has 0 amide bonds. The van der Waals surface area contributed by atoms with Gasteiger partial charge in [0.15, 0.2) is 5.82 Å². The van der Waals surface area contributed by atoms with Crippen LogP contribution in [0, 0.1) is 6.92 Å². The summed E-state index contributed by atoms with van der Waals surface area (Å²) in [5.74, 6) is 6.36. The lowest BCUT2D eigenvalue weighted by atomic mass is 10.4. The van der Waals surface area contributed by atoms with E-state index in [1.807, 2.05) is 6.92 Å². The van der Waals surface area contributed by atoms with Gasteiger partial charge in [0.05, 0.1) is 10.6 Å². The Hall–Kier alpha value is -1.67. The van der Waals surface area contributed by atoms with E-state index in [0.717, 1.165) is 15.6 Å². The third kappa shape index (κ3) is 1.53. The normalized spacial score (nSPS) is 10.8. The van der Waals surface area contributed by atoms with Crippen LogP contribution >= 0.6 is 11.3 Å². The van der Waals surface area contributed by atoms with Gasteiger partial charge < -0.3 is 17.3 Å². The molecule has 0 saturated heterocycles. The van der Waals surface area contributed by atoms with E-state index in [4.69, 9.17) is 17.3 Å². The van der Waals surface area contributed by atoms with E-state index < -0.39 is 0 Å². The highest BCUT2D eigenvalue weighted by Gasteiger charge is 2.15. The Morgan fingerprint density at radius 1 is 1.40 bits per heavy atom. The van der Waals surface area contributed by atoms with Gasteiger partial charge in [-0.2, -0.15) is 0 Å². The van der Waals surface area contributed by atoms with Crippen LogP contribution in [-0.2, 0) is 6.54 Å². The lowest BCUT2D eigenvalue weighted by Crippen LogP contribution is -2.13. The average molecular weight is 225 g/mol. The minimum Gasteiger partial charge on any atom is -0.366 e. The highest BCUT2D eigenvalue weighted by Crippen LogP contribution is 2.28. The molecule has 7 nitrogen and oxygen atoms in total. The summed E-state index contributed by atoms with van der Waals surface area (Å²) in [4.78, 5) is 5.12. The highest BCUT2D eigenvalue weighted by molar-refractivity contribution is 7.15. The fourth-order valence-electron chi connectivity index (χ4n) is 1.21. The third-order valence-electron chi connectivity index (χ3n) is 1.94. The van der Waals surface area contributed by atoms with Gasteiger partial charge >= 0.3 is 0 Å². The summed E-state index contributed by atoms with van der Waals surface area (Å²) in [5, 5.41) is 8.41. The highest BCUT2D eigenvalue weighted by atomic mass is 32.1. The quantitative estimate of drug-likeness (QED) is 0.590. The van der Waals surface area contributed by atoms with E-state index in [1.165, 1.54) is 16.0 Å². The van der Waals surface area contributed by atoms with Crippen molar-refractivity contribution in [3.05, 3.63) is 10.7 Å². The number of anilines is 1. The van der Waals surface area contributed by atoms with Gasteiger partial charge in [-0.25, -0.2) is 9.66 Å². The number of aromatic nitrogens is 4. The van der Waals surface area contributed by atoms with E-state index in [9.17, 15) is 0 Å². The van der Waals surface area contributed by atoms with Crippen molar-refractivity contribution in [2.45, 2.75) is 13.5 Å². The Bertz CT molecular complexity index is 485. The van der Waals surface area contributed by atoms with Crippen molar-refractivity contribution < 1.29 is 0 Å². The zero-order valence-electron chi connectivity index (χ0n) is 8.14. The SMILES string of the molecule is Cc1nc(CN)sc1-c1nnc(N)n1N. The molecule has 0 fully saturated rings. The third-order valence-corrected chi connectivity index (χ3v) is 3.12. The second kappa shape index (κ2) is 3.48. The molecule has 0 atom stereocenters. The fourth-order valence-corrected chi connectivity index (χ4v) is 2.13. The first-order valence-electron chi connectivity index (χ1n) is 4.26. The van der Waals surface area contributed by atoms with E-state index >= 15 is 0 Å².